The maximum atomic E-state index is 14.3. The van der Waals surface area contributed by atoms with E-state index in [0.717, 1.165) is 89.6 Å². The number of hydrogen-bond acceptors (Lipinski definition) is 4. The Morgan fingerprint density at radius 3 is 2.33 bits per heavy atom. The molecule has 1 saturated heterocycles. The van der Waals surface area contributed by atoms with Crippen LogP contribution in [0.25, 0.3) is 11.1 Å². The van der Waals surface area contributed by atoms with Gasteiger partial charge in [-0.1, -0.05) is 19.9 Å². The Bertz CT molecular complexity index is 1870. The van der Waals surface area contributed by atoms with Crippen molar-refractivity contribution in [2.75, 3.05) is 19.6 Å². The minimum Gasteiger partial charge on any atom is -0.481 e. The summed E-state index contributed by atoms with van der Waals surface area (Å²) < 4.78 is 58.1. The first-order valence-electron chi connectivity index (χ1n) is 18.0. The number of fused-ring (bicyclic) bond motifs is 1. The highest BCUT2D eigenvalue weighted by molar-refractivity contribution is 5.82. The first-order valence-corrected chi connectivity index (χ1v) is 18.0. The fraction of sp³-hybridized carbons (Fsp3) is 0.525. The fourth-order valence-electron chi connectivity index (χ4n) is 8.36. The number of nitrogens with zero attached hydrogens (tertiary/aromatic N) is 2. The van der Waals surface area contributed by atoms with Crippen LogP contribution in [0.1, 0.15) is 103 Å². The van der Waals surface area contributed by atoms with Gasteiger partial charge in [-0.2, -0.15) is 13.2 Å². The second kappa shape index (κ2) is 14.2. The van der Waals surface area contributed by atoms with Crippen molar-refractivity contribution in [1.29, 1.82) is 0 Å². The Hall–Kier alpha value is -3.99. The zero-order chi connectivity index (χ0) is 36.8. The number of amides is 1. The lowest BCUT2D eigenvalue weighted by atomic mass is 9.87. The Morgan fingerprint density at radius 2 is 1.73 bits per heavy atom. The van der Waals surface area contributed by atoms with E-state index in [9.17, 15) is 37.1 Å². The number of hydrogen-bond donors (Lipinski definition) is 2. The van der Waals surface area contributed by atoms with Gasteiger partial charge >= 0.3 is 12.1 Å². The number of aromatic nitrogens is 1. The number of aryl methyl sites for hydroxylation is 3. The van der Waals surface area contributed by atoms with Gasteiger partial charge < -0.3 is 19.9 Å². The van der Waals surface area contributed by atoms with Gasteiger partial charge in [0, 0.05) is 25.4 Å². The first kappa shape index (κ1) is 36.8. The van der Waals surface area contributed by atoms with Crippen molar-refractivity contribution in [2.24, 2.45) is 11.3 Å². The van der Waals surface area contributed by atoms with E-state index in [-0.39, 0.29) is 30.1 Å². The quantitative estimate of drug-likeness (QED) is 0.188. The van der Waals surface area contributed by atoms with Gasteiger partial charge in [-0.15, -0.1) is 0 Å². The minimum absolute atomic E-state index is 0.0456. The Balaban J connectivity index is 1.35. The first-order chi connectivity index (χ1) is 24.0. The van der Waals surface area contributed by atoms with Crippen molar-refractivity contribution in [3.05, 3.63) is 91.6 Å². The minimum atomic E-state index is -4.74. The lowest BCUT2D eigenvalue weighted by Gasteiger charge is -2.27. The van der Waals surface area contributed by atoms with Gasteiger partial charge in [0.1, 0.15) is 11.9 Å². The number of halogens is 4. The number of benzene rings is 2. The third-order valence-electron chi connectivity index (χ3n) is 11.1. The molecule has 2 fully saturated rings. The van der Waals surface area contributed by atoms with Gasteiger partial charge in [-0.25, -0.2) is 4.39 Å². The number of carboxylic acids is 1. The molecule has 7 nitrogen and oxygen atoms in total. The molecule has 1 spiro atoms. The summed E-state index contributed by atoms with van der Waals surface area (Å²) in [6, 6.07) is 5.14. The van der Waals surface area contributed by atoms with Crippen LogP contribution in [0.5, 0.6) is 0 Å². The van der Waals surface area contributed by atoms with Gasteiger partial charge in [0.05, 0.1) is 18.0 Å². The Morgan fingerprint density at radius 1 is 1.02 bits per heavy atom. The molecule has 0 radical (unpaired) electrons. The second-order valence-corrected chi connectivity index (χ2v) is 15.5. The van der Waals surface area contributed by atoms with E-state index < -0.39 is 47.7 Å². The van der Waals surface area contributed by atoms with Crippen LogP contribution in [0, 0.1) is 31.0 Å². The SMILES string of the molecule is Cc1cc(F)cc(C)c1-c1cc(C(CC(=O)O)NC(=O)[C@H](CC(C)C)n2cc(CCN3CCC4(CC4)C3)c(C(F)(F)F)cc2=O)cc2c1CCC2. The molecule has 51 heavy (non-hydrogen) atoms. The van der Waals surface area contributed by atoms with Crippen molar-refractivity contribution in [1.82, 2.24) is 14.8 Å². The van der Waals surface area contributed by atoms with Crippen molar-refractivity contribution < 1.29 is 32.3 Å². The van der Waals surface area contributed by atoms with Crippen LogP contribution < -0.4 is 10.9 Å². The number of carbonyl (C=O) groups excluding carboxylic acids is 1. The molecule has 2 aromatic carbocycles. The van der Waals surface area contributed by atoms with Gasteiger partial charge in [0.25, 0.3) is 5.56 Å². The highest BCUT2D eigenvalue weighted by atomic mass is 19.4. The predicted molar refractivity (Wildman–Crippen MR) is 187 cm³/mol. The molecule has 2 heterocycles. The molecular weight excluding hydrogens is 662 g/mol. The van der Waals surface area contributed by atoms with Crippen LogP contribution in [-0.2, 0) is 35.0 Å². The molecule has 6 rings (SSSR count). The summed E-state index contributed by atoms with van der Waals surface area (Å²) in [6.07, 6.45) is 2.03. The van der Waals surface area contributed by atoms with E-state index >= 15 is 0 Å². The van der Waals surface area contributed by atoms with Gasteiger partial charge in [-0.3, -0.25) is 14.4 Å². The van der Waals surface area contributed by atoms with Crippen LogP contribution >= 0.6 is 0 Å². The standard InChI is InChI=1S/C40H47F4N3O4/c1-23(2)14-34(47-21-27(32(19-35(47)48)40(42,43)44)8-12-46-13-11-39(22-46)9-10-39)38(51)45-33(20-36(49)50)28-17-26-6-5-7-30(26)31(18-28)37-24(3)15-29(41)16-25(37)4/h15-19,21,23,33-34H,5-14,20,22H2,1-4H3,(H,45,51)(H,49,50)/t33?,34-/m0/s1. The number of nitrogens with one attached hydrogen (secondary N) is 1. The normalized spacial score (nSPS) is 17.9. The zero-order valence-corrected chi connectivity index (χ0v) is 29.8. The fourth-order valence-corrected chi connectivity index (χ4v) is 8.36. The van der Waals surface area contributed by atoms with E-state index in [2.05, 4.69) is 10.2 Å². The van der Waals surface area contributed by atoms with Crippen molar-refractivity contribution in [3.8, 4) is 11.1 Å². The molecule has 3 aliphatic rings. The van der Waals surface area contributed by atoms with Crippen LogP contribution in [0.4, 0.5) is 17.6 Å². The third-order valence-corrected chi connectivity index (χ3v) is 11.1. The number of aliphatic carboxylic acids is 1. The Labute approximate surface area is 296 Å². The maximum absolute atomic E-state index is 14.3. The lowest BCUT2D eigenvalue weighted by molar-refractivity contribution is -0.139. The molecule has 11 heteroatoms. The van der Waals surface area contributed by atoms with Gasteiger partial charge in [0.2, 0.25) is 5.91 Å². The topological polar surface area (TPSA) is 91.6 Å². The van der Waals surface area contributed by atoms with Crippen LogP contribution in [0.15, 0.2) is 41.3 Å². The summed E-state index contributed by atoms with van der Waals surface area (Å²) in [5.74, 6) is -2.26. The van der Waals surface area contributed by atoms with Gasteiger partial charge in [-0.05, 0) is 146 Å². The molecule has 3 aromatic rings. The van der Waals surface area contributed by atoms with Crippen LogP contribution in [0.3, 0.4) is 0 Å². The van der Waals surface area contributed by atoms with E-state index in [4.69, 9.17) is 0 Å². The Kier molecular flexibility index (Phi) is 10.2. The van der Waals surface area contributed by atoms with Crippen molar-refractivity contribution in [3.63, 3.8) is 0 Å². The van der Waals surface area contributed by atoms with E-state index in [1.165, 1.54) is 18.3 Å². The van der Waals surface area contributed by atoms with Crippen molar-refractivity contribution in [2.45, 2.75) is 104 Å². The number of alkyl halides is 3. The average Bonchev–Trinajstić information content (AvgIpc) is 3.41. The molecule has 2 aliphatic carbocycles. The van der Waals surface area contributed by atoms with Crippen LogP contribution in [-0.4, -0.2) is 46.1 Å². The molecule has 1 aliphatic heterocycles. The summed E-state index contributed by atoms with van der Waals surface area (Å²) in [4.78, 5) is 42.0. The number of carboxylic acid groups (broad SMARTS) is 1. The number of carbonyl (C=O) groups is 2. The summed E-state index contributed by atoms with van der Waals surface area (Å²) in [5.41, 5.74) is 4.25. The predicted octanol–water partition coefficient (Wildman–Crippen LogP) is 7.73. The summed E-state index contributed by atoms with van der Waals surface area (Å²) >= 11 is 0. The van der Waals surface area contributed by atoms with E-state index in [1.54, 1.807) is 0 Å². The zero-order valence-electron chi connectivity index (χ0n) is 29.8. The number of likely N-dealkylation sites (tertiary alicyclic amines) is 1. The summed E-state index contributed by atoms with van der Waals surface area (Å²) in [6.45, 7) is 9.47. The molecule has 1 amide bonds. The van der Waals surface area contributed by atoms with Crippen molar-refractivity contribution >= 4 is 11.9 Å². The second-order valence-electron chi connectivity index (χ2n) is 15.5. The van der Waals surface area contributed by atoms with Crippen LogP contribution in [0.2, 0.25) is 0 Å². The third kappa shape index (κ3) is 8.08. The monoisotopic (exact) mass is 709 g/mol. The highest BCUT2D eigenvalue weighted by Gasteiger charge is 2.47. The smallest absolute Gasteiger partial charge is 0.416 e. The molecule has 274 valence electrons. The number of pyridine rings is 1. The molecule has 1 unspecified atom stereocenters. The summed E-state index contributed by atoms with van der Waals surface area (Å²) in [5, 5.41) is 12.9. The lowest BCUT2D eigenvalue weighted by Crippen LogP contribution is -2.40. The highest BCUT2D eigenvalue weighted by Crippen LogP contribution is 2.52. The van der Waals surface area contributed by atoms with E-state index in [1.807, 2.05) is 39.8 Å². The molecule has 1 aromatic heterocycles. The molecule has 1 saturated carbocycles. The summed E-state index contributed by atoms with van der Waals surface area (Å²) in [7, 11) is 0. The maximum Gasteiger partial charge on any atom is 0.416 e. The van der Waals surface area contributed by atoms with Gasteiger partial charge in [0.15, 0.2) is 0 Å². The molecule has 2 N–H and O–H groups in total. The molecule has 0 bridgehead atoms. The molecule has 2 atom stereocenters. The molecular formula is C40H47F4N3O4. The average molecular weight is 710 g/mol. The van der Waals surface area contributed by atoms with E-state index in [0.29, 0.717) is 23.6 Å². The largest absolute Gasteiger partial charge is 0.481 e. The number of rotatable bonds is 12.